The van der Waals surface area contributed by atoms with Gasteiger partial charge in [-0.05, 0) is 76.7 Å². The molecule has 1 fully saturated rings. The fourth-order valence-electron chi connectivity index (χ4n) is 3.54. The molecule has 0 unspecified atom stereocenters. The summed E-state index contributed by atoms with van der Waals surface area (Å²) in [6.45, 7) is 13.5. The van der Waals surface area contributed by atoms with E-state index in [0.717, 1.165) is 43.2 Å². The largest absolute Gasteiger partial charge is 0.492 e. The van der Waals surface area contributed by atoms with E-state index in [1.165, 1.54) is 11.1 Å². The molecule has 1 aliphatic rings. The lowest BCUT2D eigenvalue weighted by molar-refractivity contribution is -0.131. The lowest BCUT2D eigenvalue weighted by Crippen LogP contribution is -2.41. The van der Waals surface area contributed by atoms with Crippen molar-refractivity contribution in [2.45, 2.75) is 53.4 Å². The normalized spacial score (nSPS) is 12.9. The highest BCUT2D eigenvalue weighted by Gasteiger charge is 2.25. The zero-order valence-corrected chi connectivity index (χ0v) is 25.0. The topological polar surface area (TPSA) is 44.8 Å². The molecule has 0 saturated carbocycles. The fourth-order valence-corrected chi connectivity index (χ4v) is 3.83. The minimum absolute atomic E-state index is 0.175. The molecule has 0 radical (unpaired) electrons. The van der Waals surface area contributed by atoms with E-state index in [1.54, 1.807) is 7.05 Å². The predicted molar refractivity (Wildman–Crippen MR) is 157 cm³/mol. The third-order valence-electron chi connectivity index (χ3n) is 5.40. The van der Waals surface area contributed by atoms with E-state index in [4.69, 9.17) is 27.9 Å². The van der Waals surface area contributed by atoms with Gasteiger partial charge in [0.05, 0.1) is 6.54 Å². The van der Waals surface area contributed by atoms with Crippen LogP contribution in [0.3, 0.4) is 0 Å². The van der Waals surface area contributed by atoms with Gasteiger partial charge in [-0.2, -0.15) is 0 Å². The number of nitrogens with zero attached hydrogens (tertiary/aromatic N) is 2. The Hall–Kier alpha value is -1.79. The fraction of sp³-hybridized carbons (Fsp3) is 0.552. The summed E-state index contributed by atoms with van der Waals surface area (Å²) in [6, 6.07) is 13.7. The van der Waals surface area contributed by atoms with E-state index < -0.39 is 0 Å². The van der Waals surface area contributed by atoms with Crippen molar-refractivity contribution < 1.29 is 9.53 Å². The molecule has 1 saturated heterocycles. The first-order chi connectivity index (χ1) is 17.3. The number of carbonyl (C=O) groups is 1. The van der Waals surface area contributed by atoms with Gasteiger partial charge in [-0.1, -0.05) is 74.7 Å². The molecule has 0 aromatic heterocycles. The van der Waals surface area contributed by atoms with Crippen molar-refractivity contribution in [2.75, 3.05) is 53.9 Å². The minimum Gasteiger partial charge on any atom is -0.492 e. The number of piperidine rings is 1. The van der Waals surface area contributed by atoms with E-state index in [9.17, 15) is 4.79 Å². The van der Waals surface area contributed by atoms with Gasteiger partial charge in [0.2, 0.25) is 5.91 Å². The minimum atomic E-state index is 0.175. The Bertz CT molecular complexity index is 816. The highest BCUT2D eigenvalue weighted by molar-refractivity contribution is 6.30. The number of carbonyl (C=O) groups excluding carboxylic acids is 1. The number of aryl methyl sites for hydroxylation is 1. The molecule has 2 aromatic rings. The van der Waals surface area contributed by atoms with Crippen molar-refractivity contribution in [2.24, 2.45) is 0 Å². The number of ether oxygens (including phenoxy) is 1. The molecule has 204 valence electrons. The summed E-state index contributed by atoms with van der Waals surface area (Å²) in [5.74, 6) is 1.47. The molecule has 3 rings (SSSR count). The van der Waals surface area contributed by atoms with Gasteiger partial charge in [-0.15, -0.1) is 0 Å². The van der Waals surface area contributed by atoms with Crippen LogP contribution in [0.25, 0.3) is 0 Å². The molecule has 7 heteroatoms. The van der Waals surface area contributed by atoms with Gasteiger partial charge in [-0.3, -0.25) is 4.79 Å². The van der Waals surface area contributed by atoms with Crippen LogP contribution in [0.2, 0.25) is 10.0 Å². The van der Waals surface area contributed by atoms with E-state index in [0.29, 0.717) is 24.1 Å². The maximum Gasteiger partial charge on any atom is 0.236 e. The number of hydrogen-bond acceptors (Lipinski definition) is 4. The van der Waals surface area contributed by atoms with Gasteiger partial charge < -0.3 is 19.9 Å². The molecular weight excluding hydrogens is 493 g/mol. The number of nitrogens with one attached hydrogen (secondary N) is 1. The van der Waals surface area contributed by atoms with Gasteiger partial charge in [-0.25, -0.2) is 0 Å². The SMILES string of the molecule is CC.CC.CNCC(=O)N1CCC(c2ccc(Cl)cc2OCCN(C)C)CC1.Cc1ccc(Cl)cc1. The molecular formula is C29H47Cl2N3O2. The van der Waals surface area contributed by atoms with Crippen molar-refractivity contribution in [3.63, 3.8) is 0 Å². The summed E-state index contributed by atoms with van der Waals surface area (Å²) >= 11 is 11.8. The van der Waals surface area contributed by atoms with Gasteiger partial charge in [0.1, 0.15) is 12.4 Å². The number of benzene rings is 2. The second-order valence-electron chi connectivity index (χ2n) is 8.31. The molecule has 0 bridgehead atoms. The van der Waals surface area contributed by atoms with E-state index >= 15 is 0 Å². The van der Waals surface area contributed by atoms with Crippen LogP contribution in [0.4, 0.5) is 0 Å². The lowest BCUT2D eigenvalue weighted by atomic mass is 9.88. The van der Waals surface area contributed by atoms with Crippen LogP contribution in [0.15, 0.2) is 42.5 Å². The smallest absolute Gasteiger partial charge is 0.236 e. The van der Waals surface area contributed by atoms with Crippen molar-refractivity contribution in [1.29, 1.82) is 0 Å². The van der Waals surface area contributed by atoms with Gasteiger partial charge in [0.15, 0.2) is 0 Å². The Morgan fingerprint density at radius 2 is 1.56 bits per heavy atom. The summed E-state index contributed by atoms with van der Waals surface area (Å²) in [6.07, 6.45) is 1.92. The zero-order chi connectivity index (χ0) is 27.5. The third-order valence-corrected chi connectivity index (χ3v) is 5.89. The van der Waals surface area contributed by atoms with E-state index in [2.05, 4.69) is 16.3 Å². The van der Waals surface area contributed by atoms with Gasteiger partial charge >= 0.3 is 0 Å². The van der Waals surface area contributed by atoms with Crippen LogP contribution in [-0.2, 0) is 4.79 Å². The summed E-state index contributed by atoms with van der Waals surface area (Å²) in [5.41, 5.74) is 2.45. The van der Waals surface area contributed by atoms with Crippen LogP contribution in [0.5, 0.6) is 5.75 Å². The number of amides is 1. The molecule has 5 nitrogen and oxygen atoms in total. The van der Waals surface area contributed by atoms with Crippen molar-refractivity contribution in [3.05, 3.63) is 63.6 Å². The number of likely N-dealkylation sites (N-methyl/N-ethyl adjacent to an activating group) is 2. The monoisotopic (exact) mass is 539 g/mol. The number of likely N-dealkylation sites (tertiary alicyclic amines) is 1. The second-order valence-corrected chi connectivity index (χ2v) is 9.19. The van der Waals surface area contributed by atoms with Gasteiger partial charge in [0.25, 0.3) is 0 Å². The predicted octanol–water partition coefficient (Wildman–Crippen LogP) is 6.91. The molecule has 1 amide bonds. The molecule has 36 heavy (non-hydrogen) atoms. The highest BCUT2D eigenvalue weighted by atomic mass is 35.5. The molecule has 2 aromatic carbocycles. The molecule has 1 aliphatic heterocycles. The molecule has 0 spiro atoms. The molecule has 0 aliphatic carbocycles. The maximum atomic E-state index is 12.0. The lowest BCUT2D eigenvalue weighted by Gasteiger charge is -2.33. The summed E-state index contributed by atoms with van der Waals surface area (Å²) in [5, 5.41) is 4.42. The quantitative estimate of drug-likeness (QED) is 0.415. The van der Waals surface area contributed by atoms with E-state index in [1.807, 2.05) is 90.0 Å². The van der Waals surface area contributed by atoms with Crippen molar-refractivity contribution in [3.8, 4) is 5.75 Å². The Kier molecular flexibility index (Phi) is 19.3. The number of rotatable bonds is 7. The number of halogens is 2. The molecule has 0 atom stereocenters. The second kappa shape index (κ2) is 20.3. The van der Waals surface area contributed by atoms with Crippen LogP contribution >= 0.6 is 23.2 Å². The molecule has 1 heterocycles. The Morgan fingerprint density at radius 3 is 2.06 bits per heavy atom. The number of hydrogen-bond donors (Lipinski definition) is 1. The summed E-state index contributed by atoms with van der Waals surface area (Å²) < 4.78 is 5.98. The highest BCUT2D eigenvalue weighted by Crippen LogP contribution is 2.36. The average molecular weight is 541 g/mol. The maximum absolute atomic E-state index is 12.0. The van der Waals surface area contributed by atoms with Gasteiger partial charge in [0, 0.05) is 29.7 Å². The standard InChI is InChI=1S/C18H28ClN3O2.C7H7Cl.2C2H6/c1-20-13-18(23)22-8-6-14(7-9-22)16-5-4-15(19)12-17(16)24-11-10-21(2)3;1-6-2-4-7(8)5-3-6;2*1-2/h4-5,12,14,20H,6-11,13H2,1-3H3;2-5H,1H3;2*1-2H3. The first-order valence-corrected chi connectivity index (χ1v) is 13.8. The van der Waals surface area contributed by atoms with Crippen LogP contribution in [0, 0.1) is 6.92 Å². The third kappa shape index (κ3) is 13.5. The summed E-state index contributed by atoms with van der Waals surface area (Å²) in [4.78, 5) is 16.0. The Balaban J connectivity index is 0.000000850. The zero-order valence-electron chi connectivity index (χ0n) is 23.5. The van der Waals surface area contributed by atoms with Crippen LogP contribution < -0.4 is 10.1 Å². The Labute approximate surface area is 230 Å². The van der Waals surface area contributed by atoms with E-state index in [-0.39, 0.29) is 5.91 Å². The van der Waals surface area contributed by atoms with Crippen LogP contribution in [0.1, 0.15) is 57.6 Å². The first kappa shape index (κ1) is 34.2. The van der Waals surface area contributed by atoms with Crippen LogP contribution in [-0.4, -0.2) is 69.6 Å². The Morgan fingerprint density at radius 1 is 1.00 bits per heavy atom. The first-order valence-electron chi connectivity index (χ1n) is 13.0. The molecule has 1 N–H and O–H groups in total. The van der Waals surface area contributed by atoms with Crippen molar-refractivity contribution >= 4 is 29.1 Å². The summed E-state index contributed by atoms with van der Waals surface area (Å²) in [7, 11) is 5.86. The average Bonchev–Trinajstić information content (AvgIpc) is 2.89. The van der Waals surface area contributed by atoms with Crippen molar-refractivity contribution in [1.82, 2.24) is 15.1 Å².